The van der Waals surface area contributed by atoms with Gasteiger partial charge in [-0.2, -0.15) is 0 Å². The van der Waals surface area contributed by atoms with Crippen molar-refractivity contribution in [3.8, 4) is 0 Å². The molecule has 1 heterocycles. The third kappa shape index (κ3) is 2.55. The molecule has 1 saturated carbocycles. The maximum absolute atomic E-state index is 12.3. The van der Waals surface area contributed by atoms with Gasteiger partial charge in [0.25, 0.3) is 5.91 Å². The predicted molar refractivity (Wildman–Crippen MR) is 62.3 cm³/mol. The highest BCUT2D eigenvalue weighted by Gasteiger charge is 2.31. The Labute approximate surface area is 97.3 Å². The van der Waals surface area contributed by atoms with Crippen LogP contribution >= 0.6 is 0 Å². The van der Waals surface area contributed by atoms with Crippen LogP contribution in [0.4, 0.5) is 0 Å². The largest absolute Gasteiger partial charge is 0.366 e. The van der Waals surface area contributed by atoms with Gasteiger partial charge in [-0.25, -0.2) is 0 Å². The van der Waals surface area contributed by atoms with E-state index in [0.717, 1.165) is 13.1 Å². The van der Waals surface area contributed by atoms with Crippen molar-refractivity contribution in [2.75, 3.05) is 26.2 Å². The molecule has 2 fully saturated rings. The number of morpholine rings is 1. The first-order valence-electron chi connectivity index (χ1n) is 6.45. The van der Waals surface area contributed by atoms with Crippen molar-refractivity contribution in [2.24, 2.45) is 0 Å². The van der Waals surface area contributed by atoms with Crippen molar-refractivity contribution in [3.05, 3.63) is 0 Å². The van der Waals surface area contributed by atoms with E-state index >= 15 is 0 Å². The molecule has 1 atom stereocenters. The number of hydrogen-bond acceptors (Lipinski definition) is 3. The van der Waals surface area contributed by atoms with E-state index in [-0.39, 0.29) is 12.0 Å². The first-order valence-corrected chi connectivity index (χ1v) is 6.45. The lowest BCUT2D eigenvalue weighted by atomic mass is 10.1. The number of nitrogens with one attached hydrogen (secondary N) is 1. The normalized spacial score (nSPS) is 26.9. The number of carbonyl (C=O) groups is 1. The average molecular weight is 226 g/mol. The van der Waals surface area contributed by atoms with Crippen molar-refractivity contribution in [2.45, 2.75) is 44.8 Å². The quantitative estimate of drug-likeness (QED) is 0.772. The molecule has 1 unspecified atom stereocenters. The fourth-order valence-electron chi connectivity index (χ4n) is 2.72. The van der Waals surface area contributed by atoms with Crippen LogP contribution in [0, 0.1) is 0 Å². The Balaban J connectivity index is 1.93. The Kier molecular flexibility index (Phi) is 4.18. The lowest BCUT2D eigenvalue weighted by molar-refractivity contribution is -0.147. The van der Waals surface area contributed by atoms with Crippen LogP contribution in [0.3, 0.4) is 0 Å². The smallest absolute Gasteiger partial charge is 0.253 e. The molecule has 1 N–H and O–H groups in total. The third-order valence-corrected chi connectivity index (χ3v) is 3.59. The summed E-state index contributed by atoms with van der Waals surface area (Å²) in [6.07, 6.45) is 4.60. The summed E-state index contributed by atoms with van der Waals surface area (Å²) in [6, 6.07) is 0.461. The van der Waals surface area contributed by atoms with Crippen molar-refractivity contribution >= 4 is 5.91 Å². The highest BCUT2D eigenvalue weighted by atomic mass is 16.5. The lowest BCUT2D eigenvalue weighted by Gasteiger charge is -2.33. The summed E-state index contributed by atoms with van der Waals surface area (Å²) in [5.41, 5.74) is 0. The Morgan fingerprint density at radius 1 is 1.44 bits per heavy atom. The highest BCUT2D eigenvalue weighted by Crippen LogP contribution is 2.24. The van der Waals surface area contributed by atoms with Gasteiger partial charge in [-0.05, 0) is 19.8 Å². The molecule has 0 aromatic carbocycles. The molecule has 92 valence electrons. The molecule has 0 bridgehead atoms. The van der Waals surface area contributed by atoms with E-state index in [1.54, 1.807) is 0 Å². The summed E-state index contributed by atoms with van der Waals surface area (Å²) in [7, 11) is 0. The fourth-order valence-corrected chi connectivity index (χ4v) is 2.72. The van der Waals surface area contributed by atoms with E-state index in [2.05, 4.69) is 12.2 Å². The molecule has 0 aromatic rings. The van der Waals surface area contributed by atoms with Crippen LogP contribution < -0.4 is 5.32 Å². The number of hydrogen-bond donors (Lipinski definition) is 1. The molecular weight excluding hydrogens is 204 g/mol. The molecule has 0 aromatic heterocycles. The Bertz CT molecular complexity index is 233. The van der Waals surface area contributed by atoms with E-state index in [1.807, 2.05) is 4.90 Å². The summed E-state index contributed by atoms with van der Waals surface area (Å²) < 4.78 is 5.53. The molecule has 1 amide bonds. The van der Waals surface area contributed by atoms with Crippen LogP contribution in [0.2, 0.25) is 0 Å². The van der Waals surface area contributed by atoms with Gasteiger partial charge in [0.15, 0.2) is 0 Å². The van der Waals surface area contributed by atoms with Gasteiger partial charge in [-0.15, -0.1) is 0 Å². The number of amides is 1. The van der Waals surface area contributed by atoms with E-state index in [0.29, 0.717) is 19.2 Å². The van der Waals surface area contributed by atoms with Crippen LogP contribution in [0.1, 0.15) is 32.6 Å². The maximum atomic E-state index is 12.3. The number of rotatable bonds is 3. The third-order valence-electron chi connectivity index (χ3n) is 3.59. The minimum Gasteiger partial charge on any atom is -0.366 e. The van der Waals surface area contributed by atoms with Crippen LogP contribution in [0.25, 0.3) is 0 Å². The van der Waals surface area contributed by atoms with Gasteiger partial charge in [-0.1, -0.05) is 12.8 Å². The second-order valence-corrected chi connectivity index (χ2v) is 4.63. The molecule has 2 aliphatic rings. The van der Waals surface area contributed by atoms with Gasteiger partial charge in [-0.3, -0.25) is 4.79 Å². The Hall–Kier alpha value is -0.610. The summed E-state index contributed by atoms with van der Waals surface area (Å²) in [6.45, 7) is 5.05. The minimum atomic E-state index is -0.255. The Morgan fingerprint density at radius 3 is 2.75 bits per heavy atom. The number of nitrogens with zero attached hydrogens (tertiary/aromatic N) is 1. The van der Waals surface area contributed by atoms with Crippen molar-refractivity contribution < 1.29 is 9.53 Å². The second-order valence-electron chi connectivity index (χ2n) is 4.63. The van der Waals surface area contributed by atoms with E-state index in [9.17, 15) is 4.79 Å². The van der Waals surface area contributed by atoms with Gasteiger partial charge >= 0.3 is 0 Å². The molecule has 0 spiro atoms. The van der Waals surface area contributed by atoms with Crippen molar-refractivity contribution in [1.29, 1.82) is 0 Å². The molecule has 0 radical (unpaired) electrons. The molecule has 4 heteroatoms. The molecule has 1 aliphatic heterocycles. The standard InChI is InChI=1S/C12H22N2O2/c1-2-14(10-5-3-4-6-10)12(15)11-9-13-7-8-16-11/h10-11,13H,2-9H2,1H3. The summed E-state index contributed by atoms with van der Waals surface area (Å²) >= 11 is 0. The summed E-state index contributed by atoms with van der Waals surface area (Å²) in [5, 5.41) is 3.21. The molecule has 16 heavy (non-hydrogen) atoms. The van der Waals surface area contributed by atoms with E-state index < -0.39 is 0 Å². The molecule has 4 nitrogen and oxygen atoms in total. The molecular formula is C12H22N2O2. The first-order chi connectivity index (χ1) is 7.83. The zero-order chi connectivity index (χ0) is 11.4. The van der Waals surface area contributed by atoms with Crippen LogP contribution in [0.15, 0.2) is 0 Å². The zero-order valence-electron chi connectivity index (χ0n) is 10.1. The maximum Gasteiger partial charge on any atom is 0.253 e. The van der Waals surface area contributed by atoms with Crippen molar-refractivity contribution in [3.63, 3.8) is 0 Å². The van der Waals surface area contributed by atoms with Gasteiger partial charge in [0.2, 0.25) is 0 Å². The van der Waals surface area contributed by atoms with E-state index in [4.69, 9.17) is 4.74 Å². The second kappa shape index (κ2) is 5.64. The summed E-state index contributed by atoms with van der Waals surface area (Å²) in [5.74, 6) is 0.182. The van der Waals surface area contributed by atoms with Crippen LogP contribution in [-0.4, -0.2) is 49.2 Å². The molecule has 1 aliphatic carbocycles. The predicted octanol–water partition coefficient (Wildman–Crippen LogP) is 0.766. The Morgan fingerprint density at radius 2 is 2.19 bits per heavy atom. The van der Waals surface area contributed by atoms with Crippen LogP contribution in [-0.2, 0) is 9.53 Å². The molecule has 2 rings (SSSR count). The van der Waals surface area contributed by atoms with Gasteiger partial charge < -0.3 is 15.0 Å². The van der Waals surface area contributed by atoms with Crippen LogP contribution in [0.5, 0.6) is 0 Å². The topological polar surface area (TPSA) is 41.6 Å². The highest BCUT2D eigenvalue weighted by molar-refractivity contribution is 5.81. The summed E-state index contributed by atoms with van der Waals surface area (Å²) in [4.78, 5) is 14.3. The zero-order valence-corrected chi connectivity index (χ0v) is 10.1. The number of likely N-dealkylation sites (N-methyl/N-ethyl adjacent to an activating group) is 1. The number of ether oxygens (including phenoxy) is 1. The van der Waals surface area contributed by atoms with E-state index in [1.165, 1.54) is 25.7 Å². The minimum absolute atomic E-state index is 0.182. The van der Waals surface area contributed by atoms with Gasteiger partial charge in [0.1, 0.15) is 6.10 Å². The lowest BCUT2D eigenvalue weighted by Crippen LogP contribution is -2.51. The van der Waals surface area contributed by atoms with Gasteiger partial charge in [0.05, 0.1) is 6.61 Å². The average Bonchev–Trinajstić information content (AvgIpc) is 2.85. The van der Waals surface area contributed by atoms with Gasteiger partial charge in [0, 0.05) is 25.7 Å². The first kappa shape index (κ1) is 11.9. The molecule has 1 saturated heterocycles. The van der Waals surface area contributed by atoms with Crippen molar-refractivity contribution in [1.82, 2.24) is 10.2 Å². The number of carbonyl (C=O) groups excluding carboxylic acids is 1. The fraction of sp³-hybridized carbons (Fsp3) is 0.917. The monoisotopic (exact) mass is 226 g/mol. The SMILES string of the molecule is CCN(C(=O)C1CNCCO1)C1CCCC1.